The quantitative estimate of drug-likeness (QED) is 0.725. The van der Waals surface area contributed by atoms with E-state index in [4.69, 9.17) is 5.73 Å². The van der Waals surface area contributed by atoms with E-state index in [-0.39, 0.29) is 5.91 Å². The minimum absolute atomic E-state index is 0.0821. The van der Waals surface area contributed by atoms with Gasteiger partial charge in [-0.15, -0.1) is 0 Å². The number of anilines is 3. The molecule has 1 aromatic rings. The van der Waals surface area contributed by atoms with E-state index < -0.39 is 0 Å². The lowest BCUT2D eigenvalue weighted by Crippen LogP contribution is -2.27. The van der Waals surface area contributed by atoms with E-state index in [2.05, 4.69) is 23.6 Å². The van der Waals surface area contributed by atoms with Crippen LogP contribution < -0.4 is 16.4 Å². The first kappa shape index (κ1) is 13.3. The first-order chi connectivity index (χ1) is 9.61. The molecule has 0 aromatic heterocycles. The molecule has 0 saturated heterocycles. The SMILES string of the molecule is CC1CCCC(Nc2cc3c(cc2N)NC(=O)CC3)C1. The molecular weight excluding hydrogens is 250 g/mol. The molecule has 1 aliphatic heterocycles. The second kappa shape index (κ2) is 5.35. The largest absolute Gasteiger partial charge is 0.397 e. The third-order valence-corrected chi connectivity index (χ3v) is 4.47. The monoisotopic (exact) mass is 273 g/mol. The number of nitrogens with two attached hydrogens (primary N) is 1. The number of benzene rings is 1. The van der Waals surface area contributed by atoms with Crippen LogP contribution in [0.1, 0.15) is 44.6 Å². The molecule has 0 radical (unpaired) electrons. The maximum absolute atomic E-state index is 11.4. The lowest BCUT2D eigenvalue weighted by atomic mass is 9.87. The standard InChI is InChI=1S/C16H23N3O/c1-10-3-2-4-12(7-10)18-15-8-11-5-6-16(20)19-14(11)9-13(15)17/h8-10,12,18H,2-7,17H2,1H3,(H,19,20). The number of amides is 1. The summed E-state index contributed by atoms with van der Waals surface area (Å²) in [5, 5.41) is 6.50. The van der Waals surface area contributed by atoms with Crippen molar-refractivity contribution in [3.63, 3.8) is 0 Å². The Hall–Kier alpha value is -1.71. The summed E-state index contributed by atoms with van der Waals surface area (Å²) >= 11 is 0. The number of hydrogen-bond acceptors (Lipinski definition) is 3. The Morgan fingerprint density at radius 3 is 2.95 bits per heavy atom. The van der Waals surface area contributed by atoms with E-state index in [1.165, 1.54) is 31.2 Å². The summed E-state index contributed by atoms with van der Waals surface area (Å²) in [5.41, 5.74) is 9.94. The van der Waals surface area contributed by atoms with Crippen molar-refractivity contribution in [2.45, 2.75) is 51.5 Å². The average Bonchev–Trinajstić information content (AvgIpc) is 2.40. The minimum Gasteiger partial charge on any atom is -0.397 e. The number of carbonyl (C=O) groups is 1. The first-order valence-electron chi connectivity index (χ1n) is 7.60. The van der Waals surface area contributed by atoms with Gasteiger partial charge in [0, 0.05) is 18.2 Å². The van der Waals surface area contributed by atoms with Crippen LogP contribution in [0.5, 0.6) is 0 Å². The molecule has 0 spiro atoms. The van der Waals surface area contributed by atoms with Crippen LogP contribution >= 0.6 is 0 Å². The molecule has 2 unspecified atom stereocenters. The van der Waals surface area contributed by atoms with Crippen molar-refractivity contribution in [2.75, 3.05) is 16.4 Å². The Kier molecular flexibility index (Phi) is 3.55. The Morgan fingerprint density at radius 2 is 2.15 bits per heavy atom. The lowest BCUT2D eigenvalue weighted by Gasteiger charge is -2.29. The predicted octanol–water partition coefficient (Wildman–Crippen LogP) is 3.14. The molecule has 2 aliphatic rings. The van der Waals surface area contributed by atoms with Crippen LogP contribution in [0.25, 0.3) is 0 Å². The summed E-state index contributed by atoms with van der Waals surface area (Å²) in [6.07, 6.45) is 6.43. The number of fused-ring (bicyclic) bond motifs is 1. The van der Waals surface area contributed by atoms with E-state index in [0.29, 0.717) is 12.5 Å². The van der Waals surface area contributed by atoms with Gasteiger partial charge in [-0.05, 0) is 42.9 Å². The van der Waals surface area contributed by atoms with Crippen molar-refractivity contribution in [1.82, 2.24) is 0 Å². The Bertz CT molecular complexity index is 527. The van der Waals surface area contributed by atoms with Gasteiger partial charge in [0.15, 0.2) is 0 Å². The second-order valence-electron chi connectivity index (χ2n) is 6.26. The zero-order valence-electron chi connectivity index (χ0n) is 12.0. The Labute approximate surface area is 120 Å². The second-order valence-corrected chi connectivity index (χ2v) is 6.26. The molecule has 1 saturated carbocycles. The number of rotatable bonds is 2. The molecule has 108 valence electrons. The summed E-state index contributed by atoms with van der Waals surface area (Å²) in [4.78, 5) is 11.4. The molecule has 1 aliphatic carbocycles. The fourth-order valence-corrected chi connectivity index (χ4v) is 3.36. The molecule has 4 N–H and O–H groups in total. The molecule has 3 rings (SSSR count). The van der Waals surface area contributed by atoms with Crippen LogP contribution in [0.15, 0.2) is 12.1 Å². The van der Waals surface area contributed by atoms with Crippen molar-refractivity contribution >= 4 is 23.0 Å². The van der Waals surface area contributed by atoms with Crippen molar-refractivity contribution < 1.29 is 4.79 Å². The van der Waals surface area contributed by atoms with E-state index in [1.807, 2.05) is 6.07 Å². The molecule has 0 bridgehead atoms. The van der Waals surface area contributed by atoms with Crippen LogP contribution in [0.4, 0.5) is 17.1 Å². The van der Waals surface area contributed by atoms with E-state index in [0.717, 1.165) is 29.4 Å². The predicted molar refractivity (Wildman–Crippen MR) is 82.8 cm³/mol. The van der Waals surface area contributed by atoms with Crippen molar-refractivity contribution in [3.8, 4) is 0 Å². The topological polar surface area (TPSA) is 67.2 Å². The number of nitrogen functional groups attached to an aromatic ring is 1. The van der Waals surface area contributed by atoms with Crippen LogP contribution in [-0.2, 0) is 11.2 Å². The lowest BCUT2D eigenvalue weighted by molar-refractivity contribution is -0.116. The molecular formula is C16H23N3O. The Balaban J connectivity index is 1.78. The van der Waals surface area contributed by atoms with E-state index >= 15 is 0 Å². The highest BCUT2D eigenvalue weighted by atomic mass is 16.1. The van der Waals surface area contributed by atoms with E-state index in [1.54, 1.807) is 0 Å². The van der Waals surface area contributed by atoms with Gasteiger partial charge in [0.2, 0.25) is 5.91 Å². The number of aryl methyl sites for hydroxylation is 1. The van der Waals surface area contributed by atoms with Gasteiger partial charge in [-0.1, -0.05) is 19.8 Å². The maximum Gasteiger partial charge on any atom is 0.224 e. The number of nitrogens with one attached hydrogen (secondary N) is 2. The first-order valence-corrected chi connectivity index (χ1v) is 7.60. The van der Waals surface area contributed by atoms with Crippen LogP contribution in [-0.4, -0.2) is 11.9 Å². The number of hydrogen-bond donors (Lipinski definition) is 3. The molecule has 1 amide bonds. The molecule has 1 heterocycles. The third-order valence-electron chi connectivity index (χ3n) is 4.47. The highest BCUT2D eigenvalue weighted by molar-refractivity contribution is 5.95. The van der Waals surface area contributed by atoms with Gasteiger partial charge in [0.1, 0.15) is 0 Å². The minimum atomic E-state index is 0.0821. The molecule has 20 heavy (non-hydrogen) atoms. The van der Waals surface area contributed by atoms with Gasteiger partial charge in [-0.25, -0.2) is 0 Å². The van der Waals surface area contributed by atoms with Crippen LogP contribution in [0.2, 0.25) is 0 Å². The summed E-state index contributed by atoms with van der Waals surface area (Å²) in [5.74, 6) is 0.873. The highest BCUT2D eigenvalue weighted by Crippen LogP contribution is 2.33. The molecule has 2 atom stereocenters. The van der Waals surface area contributed by atoms with Crippen LogP contribution in [0.3, 0.4) is 0 Å². The zero-order valence-corrected chi connectivity index (χ0v) is 12.0. The van der Waals surface area contributed by atoms with E-state index in [9.17, 15) is 4.79 Å². The summed E-state index contributed by atoms with van der Waals surface area (Å²) < 4.78 is 0. The van der Waals surface area contributed by atoms with Gasteiger partial charge in [0.05, 0.1) is 11.4 Å². The van der Waals surface area contributed by atoms with Crippen molar-refractivity contribution in [3.05, 3.63) is 17.7 Å². The van der Waals surface area contributed by atoms with Crippen molar-refractivity contribution in [2.24, 2.45) is 5.92 Å². The smallest absolute Gasteiger partial charge is 0.224 e. The van der Waals surface area contributed by atoms with Gasteiger partial charge < -0.3 is 16.4 Å². The fraction of sp³-hybridized carbons (Fsp3) is 0.562. The molecule has 4 nitrogen and oxygen atoms in total. The fourth-order valence-electron chi connectivity index (χ4n) is 3.36. The summed E-state index contributed by atoms with van der Waals surface area (Å²) in [7, 11) is 0. The molecule has 1 fully saturated rings. The number of carbonyl (C=O) groups excluding carboxylic acids is 1. The normalized spacial score (nSPS) is 25.8. The highest BCUT2D eigenvalue weighted by Gasteiger charge is 2.21. The van der Waals surface area contributed by atoms with Gasteiger partial charge in [0.25, 0.3) is 0 Å². The summed E-state index contributed by atoms with van der Waals surface area (Å²) in [6.45, 7) is 2.32. The maximum atomic E-state index is 11.4. The summed E-state index contributed by atoms with van der Waals surface area (Å²) in [6, 6.07) is 4.53. The van der Waals surface area contributed by atoms with Gasteiger partial charge in [-0.2, -0.15) is 0 Å². The average molecular weight is 273 g/mol. The van der Waals surface area contributed by atoms with Gasteiger partial charge >= 0.3 is 0 Å². The van der Waals surface area contributed by atoms with Crippen LogP contribution in [0, 0.1) is 5.92 Å². The van der Waals surface area contributed by atoms with Gasteiger partial charge in [-0.3, -0.25) is 4.79 Å². The molecule has 1 aromatic carbocycles. The zero-order chi connectivity index (χ0) is 14.1. The Morgan fingerprint density at radius 1 is 1.30 bits per heavy atom. The van der Waals surface area contributed by atoms with Crippen molar-refractivity contribution in [1.29, 1.82) is 0 Å². The third kappa shape index (κ3) is 2.74. The molecule has 4 heteroatoms.